The minimum Gasteiger partial charge on any atom is -0.381 e. The molecule has 0 amide bonds. The standard InChI is InChI=1S/C15H22F2N4O/c1-21(2)15(5-7-22-8-6-15)10-19-14(18)20-13-9-11(16)3-4-12(13)17/h3-4,9H,5-8,10H2,1-2H3,(H3,18,19,20). The van der Waals surface area contributed by atoms with E-state index in [1.165, 1.54) is 0 Å². The van der Waals surface area contributed by atoms with Crippen molar-refractivity contribution in [3.63, 3.8) is 0 Å². The maximum atomic E-state index is 13.6. The lowest BCUT2D eigenvalue weighted by atomic mass is 9.89. The Bertz CT molecular complexity index is 542. The Labute approximate surface area is 129 Å². The molecule has 1 aliphatic rings. The number of halogens is 2. The van der Waals surface area contributed by atoms with Gasteiger partial charge in [-0.2, -0.15) is 0 Å². The topological polar surface area (TPSA) is 62.9 Å². The predicted molar refractivity (Wildman–Crippen MR) is 82.9 cm³/mol. The summed E-state index contributed by atoms with van der Waals surface area (Å²) >= 11 is 0. The third-order valence-corrected chi connectivity index (χ3v) is 4.11. The number of hydrogen-bond acceptors (Lipinski definition) is 3. The van der Waals surface area contributed by atoms with Crippen LogP contribution in [0.25, 0.3) is 0 Å². The van der Waals surface area contributed by atoms with Gasteiger partial charge in [-0.05, 0) is 39.1 Å². The van der Waals surface area contributed by atoms with E-state index in [1.807, 2.05) is 14.1 Å². The van der Waals surface area contributed by atoms with Crippen molar-refractivity contribution in [1.82, 2.24) is 4.90 Å². The van der Waals surface area contributed by atoms with Crippen molar-refractivity contribution >= 4 is 11.6 Å². The smallest absolute Gasteiger partial charge is 0.193 e. The highest BCUT2D eigenvalue weighted by Gasteiger charge is 2.34. The molecule has 0 atom stereocenters. The number of rotatable bonds is 4. The Hall–Kier alpha value is -1.73. The van der Waals surface area contributed by atoms with Gasteiger partial charge in [0.05, 0.1) is 12.2 Å². The number of guanidine groups is 1. The second kappa shape index (κ2) is 7.02. The van der Waals surface area contributed by atoms with E-state index in [0.717, 1.165) is 31.0 Å². The van der Waals surface area contributed by atoms with Crippen LogP contribution in [-0.4, -0.2) is 50.3 Å². The minimum atomic E-state index is -0.576. The fourth-order valence-corrected chi connectivity index (χ4v) is 2.50. The van der Waals surface area contributed by atoms with Gasteiger partial charge in [-0.3, -0.25) is 4.99 Å². The summed E-state index contributed by atoms with van der Waals surface area (Å²) in [5.41, 5.74) is 5.66. The lowest BCUT2D eigenvalue weighted by Crippen LogP contribution is -2.51. The zero-order valence-electron chi connectivity index (χ0n) is 12.9. The lowest BCUT2D eigenvalue weighted by Gasteiger charge is -2.41. The van der Waals surface area contributed by atoms with E-state index >= 15 is 0 Å². The van der Waals surface area contributed by atoms with Gasteiger partial charge < -0.3 is 20.7 Å². The first kappa shape index (κ1) is 16.6. The lowest BCUT2D eigenvalue weighted by molar-refractivity contribution is -0.00249. The van der Waals surface area contributed by atoms with E-state index < -0.39 is 11.6 Å². The molecule has 0 bridgehead atoms. The van der Waals surface area contributed by atoms with Gasteiger partial charge in [-0.25, -0.2) is 8.78 Å². The fraction of sp³-hybridized carbons (Fsp3) is 0.533. The van der Waals surface area contributed by atoms with Crippen LogP contribution in [0.15, 0.2) is 23.2 Å². The van der Waals surface area contributed by atoms with Crippen molar-refractivity contribution in [3.05, 3.63) is 29.8 Å². The van der Waals surface area contributed by atoms with Crippen molar-refractivity contribution in [2.45, 2.75) is 18.4 Å². The summed E-state index contributed by atoms with van der Waals surface area (Å²) in [6.45, 7) is 1.83. The highest BCUT2D eigenvalue weighted by Crippen LogP contribution is 2.26. The van der Waals surface area contributed by atoms with Crippen LogP contribution < -0.4 is 11.1 Å². The molecular weight excluding hydrogens is 290 g/mol. The number of benzene rings is 1. The summed E-state index contributed by atoms with van der Waals surface area (Å²) in [6, 6.07) is 3.15. The van der Waals surface area contributed by atoms with Crippen LogP contribution in [0.4, 0.5) is 14.5 Å². The summed E-state index contributed by atoms with van der Waals surface area (Å²) in [4.78, 5) is 6.42. The highest BCUT2D eigenvalue weighted by atomic mass is 19.1. The molecule has 1 fully saturated rings. The Kier molecular flexibility index (Phi) is 5.31. The van der Waals surface area contributed by atoms with Crippen molar-refractivity contribution in [2.24, 2.45) is 10.7 Å². The van der Waals surface area contributed by atoms with Crippen LogP contribution in [0.2, 0.25) is 0 Å². The van der Waals surface area contributed by atoms with Gasteiger partial charge in [0, 0.05) is 24.8 Å². The highest BCUT2D eigenvalue weighted by molar-refractivity contribution is 5.92. The molecule has 2 rings (SSSR count). The predicted octanol–water partition coefficient (Wildman–Crippen LogP) is 1.80. The first-order valence-electron chi connectivity index (χ1n) is 7.20. The van der Waals surface area contributed by atoms with Gasteiger partial charge in [-0.15, -0.1) is 0 Å². The molecule has 0 spiro atoms. The summed E-state index contributed by atoms with van der Waals surface area (Å²) in [6.07, 6.45) is 1.70. The van der Waals surface area contributed by atoms with Crippen LogP contribution in [0.5, 0.6) is 0 Å². The number of hydrogen-bond donors (Lipinski definition) is 2. The number of nitrogens with one attached hydrogen (secondary N) is 1. The normalized spacial score (nSPS) is 18.5. The second-order valence-electron chi connectivity index (χ2n) is 5.68. The van der Waals surface area contributed by atoms with Crippen molar-refractivity contribution in [1.29, 1.82) is 0 Å². The molecule has 1 aromatic rings. The van der Waals surface area contributed by atoms with E-state index in [0.29, 0.717) is 19.8 Å². The van der Waals surface area contributed by atoms with Gasteiger partial charge in [0.25, 0.3) is 0 Å². The van der Waals surface area contributed by atoms with E-state index in [9.17, 15) is 8.78 Å². The minimum absolute atomic E-state index is 0.0212. The summed E-state index contributed by atoms with van der Waals surface area (Å²) in [7, 11) is 3.99. The Morgan fingerprint density at radius 3 is 2.68 bits per heavy atom. The molecular formula is C15H22F2N4O. The first-order valence-corrected chi connectivity index (χ1v) is 7.20. The third kappa shape index (κ3) is 3.92. The molecule has 1 aliphatic heterocycles. The molecule has 1 aromatic carbocycles. The molecule has 122 valence electrons. The van der Waals surface area contributed by atoms with E-state index in [-0.39, 0.29) is 17.2 Å². The quantitative estimate of drug-likeness (QED) is 0.657. The van der Waals surface area contributed by atoms with Crippen molar-refractivity contribution in [3.8, 4) is 0 Å². The molecule has 22 heavy (non-hydrogen) atoms. The molecule has 0 saturated carbocycles. The largest absolute Gasteiger partial charge is 0.381 e. The van der Waals surface area contributed by atoms with E-state index in [2.05, 4.69) is 15.2 Å². The molecule has 5 nitrogen and oxygen atoms in total. The average Bonchev–Trinajstić information content (AvgIpc) is 2.50. The molecule has 1 saturated heterocycles. The van der Waals surface area contributed by atoms with Gasteiger partial charge in [0.1, 0.15) is 11.6 Å². The number of nitrogens with zero attached hydrogens (tertiary/aromatic N) is 2. The number of ether oxygens (including phenoxy) is 1. The molecule has 1 heterocycles. The van der Waals surface area contributed by atoms with Crippen LogP contribution >= 0.6 is 0 Å². The summed E-state index contributed by atoms with van der Waals surface area (Å²) < 4.78 is 32.1. The van der Waals surface area contributed by atoms with Gasteiger partial charge in [-0.1, -0.05) is 0 Å². The third-order valence-electron chi connectivity index (χ3n) is 4.11. The van der Waals surface area contributed by atoms with E-state index in [1.54, 1.807) is 0 Å². The van der Waals surface area contributed by atoms with Crippen LogP contribution in [0.3, 0.4) is 0 Å². The van der Waals surface area contributed by atoms with Crippen molar-refractivity contribution in [2.75, 3.05) is 39.2 Å². The average molecular weight is 312 g/mol. The molecule has 0 aromatic heterocycles. The maximum Gasteiger partial charge on any atom is 0.193 e. The van der Waals surface area contributed by atoms with Crippen LogP contribution in [-0.2, 0) is 4.74 Å². The second-order valence-corrected chi connectivity index (χ2v) is 5.68. The van der Waals surface area contributed by atoms with Gasteiger partial charge >= 0.3 is 0 Å². The zero-order chi connectivity index (χ0) is 16.2. The molecule has 7 heteroatoms. The Morgan fingerprint density at radius 2 is 2.05 bits per heavy atom. The first-order chi connectivity index (χ1) is 10.4. The molecule has 3 N–H and O–H groups in total. The maximum absolute atomic E-state index is 13.6. The molecule has 0 aliphatic carbocycles. The fourth-order valence-electron chi connectivity index (χ4n) is 2.50. The summed E-state index contributed by atoms with van der Waals surface area (Å²) in [5.74, 6) is -1.05. The number of nitrogens with two attached hydrogens (primary N) is 1. The number of aliphatic imine (C=N–C) groups is 1. The van der Waals surface area contributed by atoms with Crippen LogP contribution in [0, 0.1) is 11.6 Å². The summed E-state index contributed by atoms with van der Waals surface area (Å²) in [5, 5.41) is 2.61. The zero-order valence-corrected chi connectivity index (χ0v) is 12.9. The number of likely N-dealkylation sites (N-methyl/N-ethyl adjacent to an activating group) is 1. The van der Waals surface area contributed by atoms with Crippen LogP contribution in [0.1, 0.15) is 12.8 Å². The Balaban J connectivity index is 2.06. The number of anilines is 1. The molecule has 0 radical (unpaired) electrons. The van der Waals surface area contributed by atoms with Gasteiger partial charge in [0.15, 0.2) is 5.96 Å². The SMILES string of the molecule is CN(C)C1(CN=C(N)Nc2cc(F)ccc2F)CCOCC1. The Morgan fingerprint density at radius 1 is 1.36 bits per heavy atom. The monoisotopic (exact) mass is 312 g/mol. The van der Waals surface area contributed by atoms with Gasteiger partial charge in [0.2, 0.25) is 0 Å². The van der Waals surface area contributed by atoms with Crippen molar-refractivity contribution < 1.29 is 13.5 Å². The van der Waals surface area contributed by atoms with E-state index in [4.69, 9.17) is 10.5 Å². The molecule has 0 unspecified atom stereocenters.